The van der Waals surface area contributed by atoms with Gasteiger partial charge in [0, 0.05) is 30.2 Å². The zero-order valence-electron chi connectivity index (χ0n) is 18.7. The Labute approximate surface area is 180 Å². The Morgan fingerprint density at radius 1 is 0.833 bits per heavy atom. The number of aliphatic hydroxyl groups is 2. The maximum Gasteiger partial charge on any atom is 0.149 e. The van der Waals surface area contributed by atoms with Gasteiger partial charge in [-0.15, -0.1) is 0 Å². The molecule has 0 amide bonds. The number of ketones is 2. The van der Waals surface area contributed by atoms with Crippen LogP contribution in [-0.4, -0.2) is 31.9 Å². The van der Waals surface area contributed by atoms with E-state index in [9.17, 15) is 24.9 Å². The zero-order chi connectivity index (χ0) is 22.4. The van der Waals surface area contributed by atoms with E-state index in [0.29, 0.717) is 12.8 Å². The quantitative estimate of drug-likeness (QED) is 0.248. The first-order valence-corrected chi connectivity index (χ1v) is 11.5. The number of aliphatic hydroxyl groups excluding tert-OH is 2. The third-order valence-electron chi connectivity index (χ3n) is 5.57. The summed E-state index contributed by atoms with van der Waals surface area (Å²) in [6.45, 7) is 3.37. The van der Waals surface area contributed by atoms with E-state index >= 15 is 0 Å². The SMILES string of the molecule is CCCCCCCC(=O)C(C(=O)CCCCCCC)c1ncc(CO)c(CO)c1O. The van der Waals surface area contributed by atoms with Gasteiger partial charge in [0.2, 0.25) is 0 Å². The van der Waals surface area contributed by atoms with Crippen LogP contribution >= 0.6 is 0 Å². The maximum atomic E-state index is 13.0. The number of nitrogens with zero attached hydrogens (tertiary/aromatic N) is 1. The van der Waals surface area contributed by atoms with Gasteiger partial charge in [-0.3, -0.25) is 14.6 Å². The number of pyridine rings is 1. The number of Topliss-reactive ketones (excluding diaryl/α,β-unsaturated/α-hetero) is 2. The van der Waals surface area contributed by atoms with Gasteiger partial charge in [-0.25, -0.2) is 0 Å². The van der Waals surface area contributed by atoms with Gasteiger partial charge in [0.1, 0.15) is 28.9 Å². The molecule has 170 valence electrons. The minimum atomic E-state index is -1.11. The molecule has 0 aromatic carbocycles. The monoisotopic (exact) mass is 421 g/mol. The summed E-state index contributed by atoms with van der Waals surface area (Å²) in [6, 6.07) is 0. The second kappa shape index (κ2) is 15.1. The molecule has 0 saturated carbocycles. The fourth-order valence-electron chi connectivity index (χ4n) is 3.70. The van der Waals surface area contributed by atoms with Crippen molar-refractivity contribution in [2.45, 2.75) is 110 Å². The molecule has 1 rings (SSSR count). The number of carbonyl (C=O) groups excluding carboxylic acids is 2. The van der Waals surface area contributed by atoms with Crippen LogP contribution in [-0.2, 0) is 22.8 Å². The molecule has 0 unspecified atom stereocenters. The molecule has 1 heterocycles. The van der Waals surface area contributed by atoms with Gasteiger partial charge in [0.05, 0.1) is 13.2 Å². The lowest BCUT2D eigenvalue weighted by Crippen LogP contribution is -2.24. The summed E-state index contributed by atoms with van der Waals surface area (Å²) >= 11 is 0. The molecule has 6 nitrogen and oxygen atoms in total. The first-order valence-electron chi connectivity index (χ1n) is 11.5. The van der Waals surface area contributed by atoms with Crippen molar-refractivity contribution >= 4 is 11.6 Å². The number of aromatic nitrogens is 1. The summed E-state index contributed by atoms with van der Waals surface area (Å²) in [5.74, 6) is -1.92. The van der Waals surface area contributed by atoms with Gasteiger partial charge < -0.3 is 15.3 Å². The molecule has 0 saturated heterocycles. The molecule has 0 spiro atoms. The van der Waals surface area contributed by atoms with Gasteiger partial charge in [-0.2, -0.15) is 0 Å². The summed E-state index contributed by atoms with van der Waals surface area (Å²) in [5.41, 5.74) is 0.420. The second-order valence-electron chi connectivity index (χ2n) is 8.01. The number of aromatic hydroxyl groups is 1. The Morgan fingerprint density at radius 2 is 1.33 bits per heavy atom. The fourth-order valence-corrected chi connectivity index (χ4v) is 3.70. The normalized spacial score (nSPS) is 11.2. The van der Waals surface area contributed by atoms with Gasteiger partial charge in [0.15, 0.2) is 0 Å². The Morgan fingerprint density at radius 3 is 1.77 bits per heavy atom. The first-order chi connectivity index (χ1) is 14.5. The smallest absolute Gasteiger partial charge is 0.149 e. The minimum Gasteiger partial charge on any atom is -0.506 e. The molecule has 30 heavy (non-hydrogen) atoms. The average molecular weight is 422 g/mol. The Kier molecular flexibility index (Phi) is 13.2. The average Bonchev–Trinajstić information content (AvgIpc) is 2.74. The summed E-state index contributed by atoms with van der Waals surface area (Å²) in [7, 11) is 0. The van der Waals surface area contributed by atoms with E-state index in [1.165, 1.54) is 6.20 Å². The van der Waals surface area contributed by atoms with Crippen LogP contribution in [0.5, 0.6) is 5.75 Å². The lowest BCUT2D eigenvalue weighted by atomic mass is 9.87. The van der Waals surface area contributed by atoms with E-state index < -0.39 is 19.1 Å². The topological polar surface area (TPSA) is 108 Å². The molecule has 0 aliphatic carbocycles. The van der Waals surface area contributed by atoms with E-state index in [1.54, 1.807) is 0 Å². The molecule has 0 aliphatic heterocycles. The first kappa shape index (κ1) is 26.2. The molecule has 6 heteroatoms. The minimum absolute atomic E-state index is 0.00775. The third-order valence-corrected chi connectivity index (χ3v) is 5.57. The highest BCUT2D eigenvalue weighted by Gasteiger charge is 2.32. The van der Waals surface area contributed by atoms with Crippen molar-refractivity contribution < 1.29 is 24.9 Å². The van der Waals surface area contributed by atoms with Crippen LogP contribution < -0.4 is 0 Å². The maximum absolute atomic E-state index is 13.0. The van der Waals surface area contributed by atoms with Crippen molar-refractivity contribution in [3.63, 3.8) is 0 Å². The number of carbonyl (C=O) groups is 2. The van der Waals surface area contributed by atoms with Crippen LogP contribution in [0.3, 0.4) is 0 Å². The number of hydrogen-bond acceptors (Lipinski definition) is 6. The molecule has 0 radical (unpaired) electrons. The molecule has 0 aliphatic rings. The lowest BCUT2D eigenvalue weighted by molar-refractivity contribution is -0.129. The molecule has 3 N–H and O–H groups in total. The predicted molar refractivity (Wildman–Crippen MR) is 117 cm³/mol. The summed E-state index contributed by atoms with van der Waals surface area (Å²) < 4.78 is 0. The molecule has 1 aromatic rings. The predicted octanol–water partition coefficient (Wildman–Crippen LogP) is 4.71. The number of hydrogen-bond donors (Lipinski definition) is 3. The van der Waals surface area contributed by atoms with E-state index in [1.807, 2.05) is 0 Å². The van der Waals surface area contributed by atoms with Crippen molar-refractivity contribution in [3.8, 4) is 5.75 Å². The highest BCUT2D eigenvalue weighted by atomic mass is 16.3. The van der Waals surface area contributed by atoms with Crippen molar-refractivity contribution in [1.82, 2.24) is 4.98 Å². The Hall–Kier alpha value is -1.79. The summed E-state index contributed by atoms with van der Waals surface area (Å²) in [4.78, 5) is 30.1. The van der Waals surface area contributed by atoms with E-state index in [4.69, 9.17) is 0 Å². The van der Waals surface area contributed by atoms with E-state index in [2.05, 4.69) is 18.8 Å². The van der Waals surface area contributed by atoms with Gasteiger partial charge in [0.25, 0.3) is 0 Å². The third kappa shape index (κ3) is 8.15. The molecular weight excluding hydrogens is 382 g/mol. The van der Waals surface area contributed by atoms with Gasteiger partial charge in [-0.1, -0.05) is 65.2 Å². The largest absolute Gasteiger partial charge is 0.506 e. The van der Waals surface area contributed by atoms with Gasteiger partial charge in [-0.05, 0) is 12.8 Å². The molecule has 0 atom stereocenters. The summed E-state index contributed by atoms with van der Waals surface area (Å²) in [5, 5.41) is 29.6. The van der Waals surface area contributed by atoms with Crippen LogP contribution in [0.4, 0.5) is 0 Å². The van der Waals surface area contributed by atoms with Crippen LogP contribution in [0.15, 0.2) is 6.20 Å². The standard InChI is InChI=1S/C24H39NO5/c1-3-5-7-9-11-13-20(28)22(21(29)14-12-10-8-6-4-2)23-24(30)19(17-27)18(16-26)15-25-23/h15,22,26-27,30H,3-14,16-17H2,1-2H3. The van der Waals surface area contributed by atoms with Crippen LogP contribution in [0.2, 0.25) is 0 Å². The van der Waals surface area contributed by atoms with Crippen molar-refractivity contribution in [2.24, 2.45) is 0 Å². The van der Waals surface area contributed by atoms with E-state index in [-0.39, 0.29) is 47.0 Å². The van der Waals surface area contributed by atoms with Crippen LogP contribution in [0.1, 0.15) is 114 Å². The molecular formula is C24H39NO5. The molecule has 0 bridgehead atoms. The lowest BCUT2D eigenvalue weighted by Gasteiger charge is -2.18. The fraction of sp³-hybridized carbons (Fsp3) is 0.708. The van der Waals surface area contributed by atoms with Crippen molar-refractivity contribution in [3.05, 3.63) is 23.0 Å². The number of rotatable bonds is 17. The molecule has 1 aromatic heterocycles. The molecule has 0 fully saturated rings. The second-order valence-corrected chi connectivity index (χ2v) is 8.01. The highest BCUT2D eigenvalue weighted by Crippen LogP contribution is 2.33. The zero-order valence-corrected chi connectivity index (χ0v) is 18.7. The van der Waals surface area contributed by atoms with Crippen LogP contribution in [0, 0.1) is 0 Å². The van der Waals surface area contributed by atoms with Gasteiger partial charge >= 0.3 is 0 Å². The Balaban J connectivity index is 2.99. The highest BCUT2D eigenvalue weighted by molar-refractivity contribution is 6.07. The summed E-state index contributed by atoms with van der Waals surface area (Å²) in [6.07, 6.45) is 11.8. The Bertz CT molecular complexity index is 633. The van der Waals surface area contributed by atoms with Crippen molar-refractivity contribution in [2.75, 3.05) is 0 Å². The number of unbranched alkanes of at least 4 members (excludes halogenated alkanes) is 8. The van der Waals surface area contributed by atoms with Crippen molar-refractivity contribution in [1.29, 1.82) is 0 Å². The van der Waals surface area contributed by atoms with Crippen LogP contribution in [0.25, 0.3) is 0 Å². The van der Waals surface area contributed by atoms with E-state index in [0.717, 1.165) is 51.4 Å².